The molecule has 0 fully saturated rings. The molecule has 0 amide bonds. The first-order chi connectivity index (χ1) is 9.51. The minimum Gasteiger partial charge on any atom is -0.465 e. The van der Waals surface area contributed by atoms with E-state index in [9.17, 15) is 4.79 Å². The molecule has 0 bridgehead atoms. The van der Waals surface area contributed by atoms with Crippen LogP contribution in [0.2, 0.25) is 0 Å². The van der Waals surface area contributed by atoms with E-state index in [0.29, 0.717) is 22.9 Å². The molecule has 5 heteroatoms. The van der Waals surface area contributed by atoms with Crippen molar-refractivity contribution in [2.24, 2.45) is 0 Å². The monoisotopic (exact) mass is 272 g/mol. The number of methoxy groups -OCH3 is 1. The molecule has 5 nitrogen and oxygen atoms in total. The normalized spacial score (nSPS) is 10.2. The third kappa shape index (κ3) is 2.88. The van der Waals surface area contributed by atoms with E-state index in [0.717, 1.165) is 11.1 Å². The number of pyridine rings is 1. The largest absolute Gasteiger partial charge is 0.465 e. The first-order valence-corrected chi connectivity index (χ1v) is 6.10. The molecule has 0 saturated heterocycles. The van der Waals surface area contributed by atoms with Crippen LogP contribution in [0.3, 0.4) is 0 Å². The van der Waals surface area contributed by atoms with Crippen molar-refractivity contribution in [1.29, 1.82) is 0 Å². The van der Waals surface area contributed by atoms with Gasteiger partial charge in [-0.25, -0.2) is 9.78 Å². The summed E-state index contributed by atoms with van der Waals surface area (Å²) >= 11 is 0. The van der Waals surface area contributed by atoms with Gasteiger partial charge in [-0.3, -0.25) is 0 Å². The summed E-state index contributed by atoms with van der Waals surface area (Å²) in [4.78, 5) is 15.5. The van der Waals surface area contributed by atoms with Crippen LogP contribution in [0.4, 0.5) is 5.69 Å². The summed E-state index contributed by atoms with van der Waals surface area (Å²) in [5.41, 5.74) is 8.76. The van der Waals surface area contributed by atoms with E-state index < -0.39 is 5.97 Å². The van der Waals surface area contributed by atoms with Gasteiger partial charge in [-0.05, 0) is 43.2 Å². The zero-order valence-corrected chi connectivity index (χ0v) is 11.6. The molecule has 0 atom stereocenters. The zero-order valence-electron chi connectivity index (χ0n) is 11.6. The smallest absolute Gasteiger partial charge is 0.338 e. The van der Waals surface area contributed by atoms with E-state index in [1.54, 1.807) is 6.07 Å². The van der Waals surface area contributed by atoms with Crippen molar-refractivity contribution in [3.05, 3.63) is 47.2 Å². The number of aryl methyl sites for hydroxylation is 2. The van der Waals surface area contributed by atoms with Gasteiger partial charge in [-0.2, -0.15) is 0 Å². The van der Waals surface area contributed by atoms with Gasteiger partial charge in [-0.1, -0.05) is 0 Å². The van der Waals surface area contributed by atoms with Crippen LogP contribution in [0, 0.1) is 13.8 Å². The lowest BCUT2D eigenvalue weighted by Crippen LogP contribution is -2.02. The number of nitrogens with zero attached hydrogens (tertiary/aromatic N) is 1. The van der Waals surface area contributed by atoms with Crippen LogP contribution in [0.15, 0.2) is 30.5 Å². The lowest BCUT2D eigenvalue weighted by molar-refractivity contribution is 0.0600. The standard InChI is InChI=1S/C15H16N2O3/c1-9-7-13(10(2)6-12(9)16)20-14-8-11(4-5-17-14)15(18)19-3/h4-8H,16H2,1-3H3. The van der Waals surface area contributed by atoms with E-state index >= 15 is 0 Å². The lowest BCUT2D eigenvalue weighted by atomic mass is 10.1. The number of anilines is 1. The molecule has 0 aliphatic heterocycles. The quantitative estimate of drug-likeness (QED) is 0.687. The van der Waals surface area contributed by atoms with Gasteiger partial charge in [-0.15, -0.1) is 0 Å². The maximum absolute atomic E-state index is 11.5. The second-order valence-electron chi connectivity index (χ2n) is 4.45. The molecule has 1 heterocycles. The molecule has 104 valence electrons. The van der Waals surface area contributed by atoms with Crippen LogP contribution in [0.1, 0.15) is 21.5 Å². The molecule has 0 spiro atoms. The van der Waals surface area contributed by atoms with Gasteiger partial charge >= 0.3 is 5.97 Å². The molecule has 20 heavy (non-hydrogen) atoms. The fraction of sp³-hybridized carbons (Fsp3) is 0.200. The Bertz CT molecular complexity index is 654. The highest BCUT2D eigenvalue weighted by Crippen LogP contribution is 2.28. The molecule has 2 rings (SSSR count). The molecule has 0 aliphatic rings. The number of carbonyl (C=O) groups excluding carboxylic acids is 1. The van der Waals surface area contributed by atoms with Gasteiger partial charge < -0.3 is 15.2 Å². The van der Waals surface area contributed by atoms with Crippen molar-refractivity contribution >= 4 is 11.7 Å². The summed E-state index contributed by atoms with van der Waals surface area (Å²) in [6.07, 6.45) is 1.50. The molecule has 1 aromatic carbocycles. The van der Waals surface area contributed by atoms with E-state index in [-0.39, 0.29) is 0 Å². The van der Waals surface area contributed by atoms with Crippen LogP contribution in [-0.4, -0.2) is 18.1 Å². The predicted octanol–water partition coefficient (Wildman–Crippen LogP) is 2.86. The van der Waals surface area contributed by atoms with Gasteiger partial charge in [0.05, 0.1) is 12.7 Å². The Morgan fingerprint density at radius 2 is 1.95 bits per heavy atom. The summed E-state index contributed by atoms with van der Waals surface area (Å²) in [5, 5.41) is 0. The minimum atomic E-state index is -0.428. The topological polar surface area (TPSA) is 74.4 Å². The van der Waals surface area contributed by atoms with Gasteiger partial charge in [0.25, 0.3) is 0 Å². The summed E-state index contributed by atoms with van der Waals surface area (Å²) in [5.74, 6) is 0.564. The van der Waals surface area contributed by atoms with Crippen molar-refractivity contribution in [2.45, 2.75) is 13.8 Å². The Morgan fingerprint density at radius 1 is 1.20 bits per heavy atom. The number of benzene rings is 1. The second kappa shape index (κ2) is 5.61. The van der Waals surface area contributed by atoms with Gasteiger partial charge in [0.15, 0.2) is 0 Å². The van der Waals surface area contributed by atoms with Gasteiger partial charge in [0.2, 0.25) is 5.88 Å². The molecular formula is C15H16N2O3. The van der Waals surface area contributed by atoms with E-state index in [1.807, 2.05) is 26.0 Å². The number of hydrogen-bond donors (Lipinski definition) is 1. The molecule has 1 aromatic heterocycles. The van der Waals surface area contributed by atoms with Crippen LogP contribution >= 0.6 is 0 Å². The van der Waals surface area contributed by atoms with Crippen molar-refractivity contribution < 1.29 is 14.3 Å². The molecule has 2 aromatic rings. The number of ether oxygens (including phenoxy) is 2. The molecule has 0 unspecified atom stereocenters. The molecule has 0 aliphatic carbocycles. The molecular weight excluding hydrogens is 256 g/mol. The van der Waals surface area contributed by atoms with Crippen molar-refractivity contribution in [2.75, 3.05) is 12.8 Å². The third-order valence-corrected chi connectivity index (χ3v) is 2.93. The van der Waals surface area contributed by atoms with E-state index in [1.165, 1.54) is 19.4 Å². The summed E-state index contributed by atoms with van der Waals surface area (Å²) < 4.78 is 10.4. The first kappa shape index (κ1) is 13.9. The minimum absolute atomic E-state index is 0.333. The predicted molar refractivity (Wildman–Crippen MR) is 76.0 cm³/mol. The SMILES string of the molecule is COC(=O)c1ccnc(Oc2cc(C)c(N)cc2C)c1. The van der Waals surface area contributed by atoms with Crippen LogP contribution < -0.4 is 10.5 Å². The molecule has 2 N–H and O–H groups in total. The fourth-order valence-corrected chi connectivity index (χ4v) is 1.74. The summed E-state index contributed by atoms with van der Waals surface area (Å²) in [6, 6.07) is 6.79. The van der Waals surface area contributed by atoms with Crippen LogP contribution in [0.25, 0.3) is 0 Å². The highest BCUT2D eigenvalue weighted by molar-refractivity contribution is 5.89. The maximum atomic E-state index is 11.5. The molecule has 0 saturated carbocycles. The Labute approximate surface area is 117 Å². The number of aromatic nitrogens is 1. The Morgan fingerprint density at radius 3 is 2.65 bits per heavy atom. The number of nitrogen functional groups attached to an aromatic ring is 1. The fourth-order valence-electron chi connectivity index (χ4n) is 1.74. The van der Waals surface area contributed by atoms with Crippen molar-refractivity contribution in [3.63, 3.8) is 0 Å². The second-order valence-corrected chi connectivity index (χ2v) is 4.45. The number of esters is 1. The number of carbonyl (C=O) groups is 1. The summed E-state index contributed by atoms with van der Waals surface area (Å²) in [7, 11) is 1.33. The van der Waals surface area contributed by atoms with Gasteiger partial charge in [0.1, 0.15) is 5.75 Å². The average Bonchev–Trinajstić information content (AvgIpc) is 2.44. The highest BCUT2D eigenvalue weighted by atomic mass is 16.5. The highest BCUT2D eigenvalue weighted by Gasteiger charge is 2.09. The Balaban J connectivity index is 2.31. The van der Waals surface area contributed by atoms with E-state index in [2.05, 4.69) is 9.72 Å². The third-order valence-electron chi connectivity index (χ3n) is 2.93. The van der Waals surface area contributed by atoms with Crippen molar-refractivity contribution in [1.82, 2.24) is 4.98 Å². The number of rotatable bonds is 3. The van der Waals surface area contributed by atoms with E-state index in [4.69, 9.17) is 10.5 Å². The maximum Gasteiger partial charge on any atom is 0.338 e. The number of hydrogen-bond acceptors (Lipinski definition) is 5. The van der Waals surface area contributed by atoms with Crippen LogP contribution in [0.5, 0.6) is 11.6 Å². The first-order valence-electron chi connectivity index (χ1n) is 6.10. The van der Waals surface area contributed by atoms with Crippen molar-refractivity contribution in [3.8, 4) is 11.6 Å². The average molecular weight is 272 g/mol. The Hall–Kier alpha value is -2.56. The van der Waals surface area contributed by atoms with Crippen LogP contribution in [-0.2, 0) is 4.74 Å². The zero-order chi connectivity index (χ0) is 14.7. The Kier molecular flexibility index (Phi) is 3.89. The summed E-state index contributed by atoms with van der Waals surface area (Å²) in [6.45, 7) is 3.80. The van der Waals surface area contributed by atoms with Gasteiger partial charge in [0, 0.05) is 18.0 Å². The lowest BCUT2D eigenvalue weighted by Gasteiger charge is -2.11. The number of nitrogens with two attached hydrogens (primary N) is 1. The molecule has 0 radical (unpaired) electrons.